The number of carbonyl (C=O) groups excluding carboxylic acids is 2. The lowest BCUT2D eigenvalue weighted by atomic mass is 10.0. The van der Waals surface area contributed by atoms with E-state index in [9.17, 15) is 18.4 Å². The number of halogens is 2. The van der Waals surface area contributed by atoms with Gasteiger partial charge in [-0.1, -0.05) is 36.8 Å². The van der Waals surface area contributed by atoms with Crippen LogP contribution in [-0.4, -0.2) is 42.4 Å². The Morgan fingerprint density at radius 1 is 1.03 bits per heavy atom. The predicted octanol–water partition coefficient (Wildman–Crippen LogP) is 2.87. The van der Waals surface area contributed by atoms with Crippen molar-refractivity contribution in [1.29, 1.82) is 0 Å². The first-order valence-electron chi connectivity index (χ1n) is 9.81. The van der Waals surface area contributed by atoms with Gasteiger partial charge in [0.15, 0.2) is 0 Å². The van der Waals surface area contributed by atoms with Crippen molar-refractivity contribution in [3.63, 3.8) is 0 Å². The molecule has 0 aliphatic carbocycles. The SMILES string of the molecule is O=C(CNC(=O)c1ccc(F)cc1F)NCC1CCCCN1Cc1ccccc1. The van der Waals surface area contributed by atoms with Gasteiger partial charge >= 0.3 is 0 Å². The van der Waals surface area contributed by atoms with Crippen molar-refractivity contribution in [2.75, 3.05) is 19.6 Å². The first-order chi connectivity index (χ1) is 14.0. The minimum absolute atomic E-state index is 0.234. The van der Waals surface area contributed by atoms with Crippen molar-refractivity contribution < 1.29 is 18.4 Å². The molecule has 5 nitrogen and oxygen atoms in total. The molecule has 29 heavy (non-hydrogen) atoms. The first-order valence-corrected chi connectivity index (χ1v) is 9.81. The van der Waals surface area contributed by atoms with E-state index in [1.54, 1.807) is 0 Å². The molecule has 154 valence electrons. The summed E-state index contributed by atoms with van der Waals surface area (Å²) in [6.07, 6.45) is 3.25. The van der Waals surface area contributed by atoms with Crippen molar-refractivity contribution in [1.82, 2.24) is 15.5 Å². The number of hydrogen-bond acceptors (Lipinski definition) is 3. The van der Waals surface area contributed by atoms with Gasteiger partial charge in [-0.15, -0.1) is 0 Å². The molecule has 1 aliphatic heterocycles. The van der Waals surface area contributed by atoms with Crippen LogP contribution < -0.4 is 10.6 Å². The molecule has 2 aromatic carbocycles. The molecule has 1 saturated heterocycles. The Labute approximate surface area is 169 Å². The highest BCUT2D eigenvalue weighted by molar-refractivity contribution is 5.96. The van der Waals surface area contributed by atoms with E-state index >= 15 is 0 Å². The molecule has 0 spiro atoms. The zero-order chi connectivity index (χ0) is 20.6. The molecule has 1 aliphatic rings. The van der Waals surface area contributed by atoms with Crippen LogP contribution in [0.2, 0.25) is 0 Å². The van der Waals surface area contributed by atoms with Crippen LogP contribution in [0.3, 0.4) is 0 Å². The smallest absolute Gasteiger partial charge is 0.254 e. The Kier molecular flexibility index (Phi) is 7.30. The molecule has 1 heterocycles. The van der Waals surface area contributed by atoms with E-state index in [0.29, 0.717) is 12.6 Å². The maximum Gasteiger partial charge on any atom is 0.254 e. The second-order valence-corrected chi connectivity index (χ2v) is 7.22. The van der Waals surface area contributed by atoms with Gasteiger partial charge in [0.1, 0.15) is 11.6 Å². The van der Waals surface area contributed by atoms with Gasteiger partial charge in [0, 0.05) is 25.2 Å². The Balaban J connectivity index is 1.46. The third-order valence-electron chi connectivity index (χ3n) is 5.10. The Morgan fingerprint density at radius 3 is 2.59 bits per heavy atom. The van der Waals surface area contributed by atoms with E-state index in [-0.39, 0.29) is 24.1 Å². The van der Waals surface area contributed by atoms with Crippen LogP contribution in [-0.2, 0) is 11.3 Å². The molecule has 7 heteroatoms. The first kappa shape index (κ1) is 20.9. The second kappa shape index (κ2) is 10.1. The van der Waals surface area contributed by atoms with Gasteiger partial charge in [0.25, 0.3) is 5.91 Å². The number of rotatable bonds is 7. The van der Waals surface area contributed by atoms with E-state index in [2.05, 4.69) is 27.7 Å². The lowest BCUT2D eigenvalue weighted by Crippen LogP contribution is -2.48. The molecule has 1 atom stereocenters. The molecular formula is C22H25F2N3O2. The molecule has 2 aromatic rings. The van der Waals surface area contributed by atoms with Gasteiger partial charge in [-0.2, -0.15) is 0 Å². The van der Waals surface area contributed by atoms with E-state index in [1.165, 1.54) is 5.56 Å². The predicted molar refractivity (Wildman–Crippen MR) is 106 cm³/mol. The van der Waals surface area contributed by atoms with Crippen molar-refractivity contribution >= 4 is 11.8 Å². The highest BCUT2D eigenvalue weighted by Gasteiger charge is 2.23. The van der Waals surface area contributed by atoms with Crippen LogP contribution in [0.1, 0.15) is 35.2 Å². The molecule has 0 aromatic heterocycles. The van der Waals surface area contributed by atoms with E-state index in [1.807, 2.05) is 18.2 Å². The topological polar surface area (TPSA) is 61.4 Å². The average Bonchev–Trinajstić information content (AvgIpc) is 2.72. The third-order valence-corrected chi connectivity index (χ3v) is 5.10. The van der Waals surface area contributed by atoms with Gasteiger partial charge in [-0.3, -0.25) is 14.5 Å². The van der Waals surface area contributed by atoms with Crippen molar-refractivity contribution in [3.05, 3.63) is 71.3 Å². The molecular weight excluding hydrogens is 376 g/mol. The van der Waals surface area contributed by atoms with Crippen LogP contribution in [0.4, 0.5) is 8.78 Å². The van der Waals surface area contributed by atoms with Gasteiger partial charge in [-0.05, 0) is 37.1 Å². The van der Waals surface area contributed by atoms with Crippen molar-refractivity contribution in [2.24, 2.45) is 0 Å². The number of hydrogen-bond donors (Lipinski definition) is 2. The normalized spacial score (nSPS) is 17.0. The summed E-state index contributed by atoms with van der Waals surface area (Å²) in [5, 5.41) is 5.22. The fourth-order valence-corrected chi connectivity index (χ4v) is 3.54. The quantitative estimate of drug-likeness (QED) is 0.750. The minimum atomic E-state index is -0.957. The van der Waals surface area contributed by atoms with Crippen molar-refractivity contribution in [2.45, 2.75) is 31.8 Å². The molecule has 0 saturated carbocycles. The van der Waals surface area contributed by atoms with Crippen LogP contribution in [0, 0.1) is 11.6 Å². The summed E-state index contributed by atoms with van der Waals surface area (Å²) >= 11 is 0. The van der Waals surface area contributed by atoms with Crippen LogP contribution in [0.25, 0.3) is 0 Å². The van der Waals surface area contributed by atoms with Crippen LogP contribution >= 0.6 is 0 Å². The van der Waals surface area contributed by atoms with Gasteiger partial charge in [0.2, 0.25) is 5.91 Å². The molecule has 0 radical (unpaired) electrons. The standard InChI is InChI=1S/C22H25F2N3O2/c23-17-9-10-19(20(24)12-17)22(29)26-14-21(28)25-13-18-8-4-5-11-27(18)15-16-6-2-1-3-7-16/h1-3,6-7,9-10,12,18H,4-5,8,11,13-15H2,(H,25,28)(H,26,29). The monoisotopic (exact) mass is 401 g/mol. The summed E-state index contributed by atoms with van der Waals surface area (Å²) in [5.74, 6) is -2.81. The highest BCUT2D eigenvalue weighted by Crippen LogP contribution is 2.19. The Morgan fingerprint density at radius 2 is 1.83 bits per heavy atom. The molecule has 3 rings (SSSR count). The van der Waals surface area contributed by atoms with Gasteiger partial charge in [-0.25, -0.2) is 8.78 Å². The largest absolute Gasteiger partial charge is 0.353 e. The number of likely N-dealkylation sites (tertiary alicyclic amines) is 1. The van der Waals surface area contributed by atoms with Crippen molar-refractivity contribution in [3.8, 4) is 0 Å². The average molecular weight is 401 g/mol. The van der Waals surface area contributed by atoms with Gasteiger partial charge < -0.3 is 10.6 Å². The molecule has 2 N–H and O–H groups in total. The lowest BCUT2D eigenvalue weighted by Gasteiger charge is -2.35. The van der Waals surface area contributed by atoms with Gasteiger partial charge in [0.05, 0.1) is 12.1 Å². The Bertz CT molecular complexity index is 845. The number of amides is 2. The third kappa shape index (κ3) is 6.09. The summed E-state index contributed by atoms with van der Waals surface area (Å²) in [5.41, 5.74) is 0.944. The number of benzene rings is 2. The molecule has 2 amide bonds. The van der Waals surface area contributed by atoms with E-state index in [4.69, 9.17) is 0 Å². The fourth-order valence-electron chi connectivity index (χ4n) is 3.54. The lowest BCUT2D eigenvalue weighted by molar-refractivity contribution is -0.120. The van der Waals surface area contributed by atoms with E-state index in [0.717, 1.165) is 44.5 Å². The summed E-state index contributed by atoms with van der Waals surface area (Å²) < 4.78 is 26.6. The number of nitrogens with zero attached hydrogens (tertiary/aromatic N) is 1. The number of nitrogens with one attached hydrogen (secondary N) is 2. The maximum atomic E-state index is 13.6. The summed E-state index contributed by atoms with van der Waals surface area (Å²) in [7, 11) is 0. The zero-order valence-corrected chi connectivity index (χ0v) is 16.2. The summed E-state index contributed by atoms with van der Waals surface area (Å²) in [6, 6.07) is 13.1. The van der Waals surface area contributed by atoms with Crippen LogP contribution in [0.5, 0.6) is 0 Å². The fraction of sp³-hybridized carbons (Fsp3) is 0.364. The molecule has 1 unspecified atom stereocenters. The summed E-state index contributed by atoms with van der Waals surface area (Å²) in [4.78, 5) is 26.5. The van der Waals surface area contributed by atoms with E-state index < -0.39 is 17.5 Å². The summed E-state index contributed by atoms with van der Waals surface area (Å²) in [6.45, 7) is 2.05. The number of carbonyl (C=O) groups is 2. The molecule has 0 bridgehead atoms. The molecule has 1 fully saturated rings. The highest BCUT2D eigenvalue weighted by atomic mass is 19.1. The van der Waals surface area contributed by atoms with Crippen LogP contribution in [0.15, 0.2) is 48.5 Å². The zero-order valence-electron chi connectivity index (χ0n) is 16.2. The minimum Gasteiger partial charge on any atom is -0.353 e. The second-order valence-electron chi connectivity index (χ2n) is 7.22. The number of piperidine rings is 1. The maximum absolute atomic E-state index is 13.6. The Hall–Kier alpha value is -2.80.